The predicted molar refractivity (Wildman–Crippen MR) is 8.78 cm³/mol. The Morgan fingerprint density at radius 1 is 1.67 bits per heavy atom. The molecule has 1 radical (unpaired) electrons. The maximum atomic E-state index is 8.36. The molecule has 0 aliphatic heterocycles. The van der Waals surface area contributed by atoms with Gasteiger partial charge in [-0.2, -0.15) is 0 Å². The molecule has 0 fully saturated rings. The number of hydrogen-bond acceptors (Lipinski definition) is 2. The van der Waals surface area contributed by atoms with E-state index in [1.54, 1.807) is 0 Å². The molecule has 1 N–H and O–H groups in total. The predicted octanol–water partition coefficient (Wildman–Crippen LogP) is -3.35. The summed E-state index contributed by atoms with van der Waals surface area (Å²) in [5.74, 6) is 0. The van der Waals surface area contributed by atoms with Crippen LogP contribution in [0.4, 0.5) is 0 Å². The average molecular weight is 129 g/mol. The molecule has 0 saturated heterocycles. The Bertz CT molecular complexity index is 33.8. The molecule has 6 heteroatoms. The molecule has 0 unspecified atom stereocenters. The van der Waals surface area contributed by atoms with E-state index in [9.17, 15) is 0 Å². The van der Waals surface area contributed by atoms with E-state index < -0.39 is 5.09 Å². The Balaban J connectivity index is -0.0000000450. The molecule has 0 aliphatic rings. The van der Waals surface area contributed by atoms with E-state index in [0.717, 1.165) is 0 Å². The summed E-state index contributed by atoms with van der Waals surface area (Å²) in [6.07, 6.45) is 0. The smallest absolute Gasteiger partial charge is 0.328 e. The summed E-state index contributed by atoms with van der Waals surface area (Å²) >= 11 is 0. The van der Waals surface area contributed by atoms with Crippen LogP contribution in [0.3, 0.4) is 0 Å². The van der Waals surface area contributed by atoms with E-state index in [4.69, 9.17) is 15.3 Å². The van der Waals surface area contributed by atoms with Crippen molar-refractivity contribution in [1.82, 2.24) is 0 Å². The summed E-state index contributed by atoms with van der Waals surface area (Å²) in [5, 5.41) is 13.6. The topological polar surface area (TPSA) is 63.4 Å². The Morgan fingerprint density at radius 2 is 1.67 bits per heavy atom. The number of hydrogen-bond donors (Lipinski definition) is 1. The zero-order chi connectivity index (χ0) is 3.58. The van der Waals surface area contributed by atoms with Gasteiger partial charge in [-0.25, -0.2) is 0 Å². The van der Waals surface area contributed by atoms with Gasteiger partial charge in [0.25, 0.3) is 5.09 Å². The third kappa shape index (κ3) is 509. The molecule has 0 aromatic heterocycles. The summed E-state index contributed by atoms with van der Waals surface area (Å²) in [6, 6.07) is 0. The Morgan fingerprint density at radius 3 is 1.67 bits per heavy atom. The maximum Gasteiger partial charge on any atom is 2.00 e. The van der Waals surface area contributed by atoms with Crippen molar-refractivity contribution >= 4 is 0 Å². The van der Waals surface area contributed by atoms with Crippen LogP contribution in [0, 0.1) is 10.1 Å². The summed E-state index contributed by atoms with van der Waals surface area (Å²) in [6.45, 7) is 0. The maximum absolute atomic E-state index is 8.36. The molecule has 0 aromatic carbocycles. The fraction of sp³-hybridized carbons (Fsp3) is 0. The first-order valence-electron chi connectivity index (χ1n) is 0.565. The molecule has 0 saturated carbocycles. The van der Waals surface area contributed by atoms with Crippen molar-refractivity contribution in [1.29, 1.82) is 0 Å². The second kappa shape index (κ2) is 9.00. The van der Waals surface area contributed by atoms with Crippen LogP contribution in [-0.2, 0) is 16.8 Å². The molecule has 0 amide bonds. The Labute approximate surface area is 56.4 Å². The van der Waals surface area contributed by atoms with Crippen molar-refractivity contribution in [2.24, 2.45) is 0 Å². The summed E-state index contributed by atoms with van der Waals surface area (Å²) in [4.78, 5) is 8.36. The monoisotopic (exact) mass is 129 g/mol. The third-order valence-electron chi connectivity index (χ3n) is 0. The van der Waals surface area contributed by atoms with Crippen LogP contribution in [0.15, 0.2) is 0 Å². The average Bonchev–Trinajstić information content (AvgIpc) is 0.811. The summed E-state index contributed by atoms with van der Waals surface area (Å²) in [5.41, 5.74) is 0. The van der Waals surface area contributed by atoms with Crippen LogP contribution in [0.2, 0.25) is 0 Å². The summed E-state index contributed by atoms with van der Waals surface area (Å²) < 4.78 is 0. The van der Waals surface area contributed by atoms with Crippen LogP contribution in [-0.4, -0.2) is 10.3 Å². The fourth-order valence-electron chi connectivity index (χ4n) is 0. The van der Waals surface area contributed by atoms with E-state index in [1.807, 2.05) is 0 Å². The first-order chi connectivity index (χ1) is 1.73. The molecule has 0 aromatic rings. The minimum Gasteiger partial charge on any atom is -0.328 e. The molecular formula is HCoLiNO3+3. The van der Waals surface area contributed by atoms with Crippen molar-refractivity contribution in [2.75, 3.05) is 0 Å². The van der Waals surface area contributed by atoms with Crippen LogP contribution in [0.25, 0.3) is 0 Å². The molecule has 0 heterocycles. The van der Waals surface area contributed by atoms with Crippen LogP contribution < -0.4 is 18.9 Å². The minimum atomic E-state index is -1.50. The van der Waals surface area contributed by atoms with E-state index in [0.29, 0.717) is 0 Å². The molecular weight excluding hydrogens is 128 g/mol. The fourth-order valence-corrected chi connectivity index (χ4v) is 0. The van der Waals surface area contributed by atoms with Crippen molar-refractivity contribution in [2.45, 2.75) is 0 Å². The second-order valence-electron chi connectivity index (χ2n) is 0.238. The molecule has 4 nitrogen and oxygen atoms in total. The zero-order valence-corrected chi connectivity index (χ0v) is 4.09. The Hall–Kier alpha value is 0.304. The van der Waals surface area contributed by atoms with E-state index in [1.165, 1.54) is 0 Å². The van der Waals surface area contributed by atoms with E-state index in [2.05, 4.69) is 0 Å². The van der Waals surface area contributed by atoms with Gasteiger partial charge >= 0.3 is 35.6 Å². The standard InChI is InChI=1S/Co.Li.HNO3/c;;2-1(3)4/h;;(H,2,3,4)/q+2;+1;. The molecule has 0 atom stereocenters. The van der Waals surface area contributed by atoms with Crippen LogP contribution >= 0.6 is 0 Å². The van der Waals surface area contributed by atoms with Crippen molar-refractivity contribution in [3.63, 3.8) is 0 Å². The molecule has 31 valence electrons. The van der Waals surface area contributed by atoms with E-state index in [-0.39, 0.29) is 35.6 Å². The molecule has 0 spiro atoms. The molecule has 0 bridgehead atoms. The van der Waals surface area contributed by atoms with Gasteiger partial charge in [-0.15, -0.1) is 10.1 Å². The first-order valence-corrected chi connectivity index (χ1v) is 0.565. The number of nitrogens with zero attached hydrogens (tertiary/aromatic N) is 1. The van der Waals surface area contributed by atoms with Gasteiger partial charge < -0.3 is 5.21 Å². The Kier molecular flexibility index (Phi) is 24.4. The van der Waals surface area contributed by atoms with Gasteiger partial charge in [0.15, 0.2) is 0 Å². The van der Waals surface area contributed by atoms with Crippen molar-refractivity contribution < 1.29 is 45.9 Å². The molecule has 6 heavy (non-hydrogen) atoms. The van der Waals surface area contributed by atoms with Gasteiger partial charge in [-0.3, -0.25) is 0 Å². The van der Waals surface area contributed by atoms with Gasteiger partial charge in [0.2, 0.25) is 0 Å². The third-order valence-corrected chi connectivity index (χ3v) is 0. The minimum absolute atomic E-state index is 0. The molecule has 0 aliphatic carbocycles. The SMILES string of the molecule is O=[N+]([O-])O.[Co+2].[Li+]. The summed E-state index contributed by atoms with van der Waals surface area (Å²) in [7, 11) is 0. The normalized spacial score (nSPS) is 4.00. The quantitative estimate of drug-likeness (QED) is 0.211. The van der Waals surface area contributed by atoms with E-state index >= 15 is 0 Å². The van der Waals surface area contributed by atoms with Gasteiger partial charge in [0.05, 0.1) is 0 Å². The zero-order valence-electron chi connectivity index (χ0n) is 3.04. The first kappa shape index (κ1) is 16.2. The van der Waals surface area contributed by atoms with Gasteiger partial charge in [-0.1, -0.05) is 0 Å². The van der Waals surface area contributed by atoms with Crippen LogP contribution in [0.5, 0.6) is 0 Å². The van der Waals surface area contributed by atoms with Gasteiger partial charge in [-0.05, 0) is 0 Å². The molecule has 0 rings (SSSR count). The van der Waals surface area contributed by atoms with Crippen LogP contribution in [0.1, 0.15) is 0 Å². The largest absolute Gasteiger partial charge is 2.00 e. The van der Waals surface area contributed by atoms with Gasteiger partial charge in [0.1, 0.15) is 0 Å². The second-order valence-corrected chi connectivity index (χ2v) is 0.238. The van der Waals surface area contributed by atoms with Crippen molar-refractivity contribution in [3.05, 3.63) is 10.1 Å². The van der Waals surface area contributed by atoms with Crippen molar-refractivity contribution in [3.8, 4) is 0 Å². The van der Waals surface area contributed by atoms with Gasteiger partial charge in [0, 0.05) is 0 Å². The number of rotatable bonds is 0.